The van der Waals surface area contributed by atoms with Crippen LogP contribution in [0.5, 0.6) is 5.88 Å². The Morgan fingerprint density at radius 1 is 1.33 bits per heavy atom. The van der Waals surface area contributed by atoms with E-state index in [1.807, 2.05) is 0 Å². The lowest BCUT2D eigenvalue weighted by Gasteiger charge is -2.11. The molecular formula is C10H14BrN3O. The van der Waals surface area contributed by atoms with E-state index in [0.29, 0.717) is 22.1 Å². The Kier molecular flexibility index (Phi) is 3.09. The van der Waals surface area contributed by atoms with Gasteiger partial charge in [0.25, 0.3) is 0 Å². The van der Waals surface area contributed by atoms with Crippen LogP contribution in [0, 0.1) is 0 Å². The first kappa shape index (κ1) is 10.7. The molecule has 0 unspecified atom stereocenters. The molecule has 1 fully saturated rings. The highest BCUT2D eigenvalue weighted by molar-refractivity contribution is 9.10. The Bertz CT molecular complexity index is 364. The molecule has 1 heterocycles. The zero-order valence-corrected chi connectivity index (χ0v) is 10.2. The van der Waals surface area contributed by atoms with Gasteiger partial charge in [-0.05, 0) is 28.8 Å². The second-order valence-corrected chi connectivity index (χ2v) is 4.56. The Balaban J connectivity index is 2.35. The summed E-state index contributed by atoms with van der Waals surface area (Å²) in [5, 5.41) is 0. The van der Waals surface area contributed by atoms with E-state index in [0.717, 1.165) is 18.7 Å². The van der Waals surface area contributed by atoms with E-state index in [-0.39, 0.29) is 0 Å². The minimum Gasteiger partial charge on any atom is -0.480 e. The molecule has 4 nitrogen and oxygen atoms in total. The lowest BCUT2D eigenvalue weighted by atomic mass is 10.1. The highest BCUT2D eigenvalue weighted by Gasteiger charge is 2.22. The second kappa shape index (κ2) is 4.35. The fourth-order valence-corrected chi connectivity index (χ4v) is 2.30. The molecule has 2 N–H and O–H groups in total. The van der Waals surface area contributed by atoms with Gasteiger partial charge in [0.1, 0.15) is 16.1 Å². The van der Waals surface area contributed by atoms with Crippen molar-refractivity contribution in [2.45, 2.75) is 31.6 Å². The lowest BCUT2D eigenvalue weighted by molar-refractivity contribution is 0.390. The zero-order valence-electron chi connectivity index (χ0n) is 8.66. The van der Waals surface area contributed by atoms with Gasteiger partial charge in [0.2, 0.25) is 5.88 Å². The van der Waals surface area contributed by atoms with Crippen LogP contribution in [0.25, 0.3) is 0 Å². The summed E-state index contributed by atoms with van der Waals surface area (Å²) in [4.78, 5) is 8.68. The van der Waals surface area contributed by atoms with E-state index in [4.69, 9.17) is 10.5 Å². The molecule has 1 aromatic heterocycles. The molecule has 0 aromatic carbocycles. The fraction of sp³-hybridized carbons (Fsp3) is 0.600. The van der Waals surface area contributed by atoms with Gasteiger partial charge >= 0.3 is 0 Å². The fourth-order valence-electron chi connectivity index (χ4n) is 1.96. The quantitative estimate of drug-likeness (QED) is 0.898. The summed E-state index contributed by atoms with van der Waals surface area (Å²) < 4.78 is 5.79. The van der Waals surface area contributed by atoms with Crippen molar-refractivity contribution in [1.29, 1.82) is 0 Å². The topological polar surface area (TPSA) is 61.0 Å². The van der Waals surface area contributed by atoms with Crippen molar-refractivity contribution < 1.29 is 4.74 Å². The van der Waals surface area contributed by atoms with Crippen LogP contribution in [0.4, 0.5) is 5.82 Å². The average Bonchev–Trinajstić information content (AvgIpc) is 2.75. The van der Waals surface area contributed by atoms with Gasteiger partial charge in [0, 0.05) is 5.92 Å². The van der Waals surface area contributed by atoms with Gasteiger partial charge in [0.15, 0.2) is 0 Å². The van der Waals surface area contributed by atoms with Gasteiger partial charge in [-0.25, -0.2) is 4.98 Å². The lowest BCUT2D eigenvalue weighted by Crippen LogP contribution is -2.06. The Morgan fingerprint density at radius 3 is 2.60 bits per heavy atom. The minimum atomic E-state index is 0.453. The van der Waals surface area contributed by atoms with E-state index < -0.39 is 0 Å². The van der Waals surface area contributed by atoms with Gasteiger partial charge in [0.05, 0.1) is 7.11 Å². The molecule has 82 valence electrons. The van der Waals surface area contributed by atoms with Crippen LogP contribution < -0.4 is 10.5 Å². The first-order chi connectivity index (χ1) is 7.22. The maximum Gasteiger partial charge on any atom is 0.233 e. The van der Waals surface area contributed by atoms with Crippen molar-refractivity contribution in [3.05, 3.63) is 10.3 Å². The summed E-state index contributed by atoms with van der Waals surface area (Å²) in [7, 11) is 1.59. The predicted octanol–water partition coefficient (Wildman–Crippen LogP) is 2.49. The third-order valence-corrected chi connectivity index (χ3v) is 3.52. The molecule has 1 aromatic rings. The molecule has 5 heteroatoms. The van der Waals surface area contributed by atoms with Crippen molar-refractivity contribution in [2.24, 2.45) is 0 Å². The van der Waals surface area contributed by atoms with Gasteiger partial charge in [-0.2, -0.15) is 4.98 Å². The Morgan fingerprint density at radius 2 is 2.00 bits per heavy atom. The molecule has 1 saturated carbocycles. The number of aromatic nitrogens is 2. The van der Waals surface area contributed by atoms with Crippen LogP contribution >= 0.6 is 15.9 Å². The number of hydrogen-bond donors (Lipinski definition) is 1. The normalized spacial score (nSPS) is 16.9. The number of halogens is 1. The smallest absolute Gasteiger partial charge is 0.233 e. The number of rotatable bonds is 2. The number of ether oxygens (including phenoxy) is 1. The molecule has 0 amide bonds. The van der Waals surface area contributed by atoms with Gasteiger partial charge in [-0.1, -0.05) is 12.8 Å². The first-order valence-corrected chi connectivity index (χ1v) is 5.88. The van der Waals surface area contributed by atoms with Crippen LogP contribution in [0.2, 0.25) is 0 Å². The largest absolute Gasteiger partial charge is 0.480 e. The van der Waals surface area contributed by atoms with Crippen molar-refractivity contribution in [3.63, 3.8) is 0 Å². The minimum absolute atomic E-state index is 0.453. The van der Waals surface area contributed by atoms with Gasteiger partial charge in [-0.15, -0.1) is 0 Å². The summed E-state index contributed by atoms with van der Waals surface area (Å²) in [6.45, 7) is 0. The highest BCUT2D eigenvalue weighted by Crippen LogP contribution is 2.35. The summed E-state index contributed by atoms with van der Waals surface area (Å²) >= 11 is 3.31. The summed E-state index contributed by atoms with van der Waals surface area (Å²) in [5.41, 5.74) is 5.79. The Hall–Kier alpha value is -0.840. The van der Waals surface area contributed by atoms with Gasteiger partial charge in [-0.3, -0.25) is 0 Å². The summed E-state index contributed by atoms with van der Waals surface area (Å²) in [5.74, 6) is 2.27. The molecule has 0 atom stereocenters. The molecule has 0 aliphatic heterocycles. The average molecular weight is 272 g/mol. The van der Waals surface area contributed by atoms with E-state index in [2.05, 4.69) is 25.9 Å². The van der Waals surface area contributed by atoms with E-state index in [1.54, 1.807) is 7.11 Å². The van der Waals surface area contributed by atoms with Gasteiger partial charge < -0.3 is 10.5 Å². The monoisotopic (exact) mass is 271 g/mol. The number of nitrogens with two attached hydrogens (primary N) is 1. The molecule has 0 spiro atoms. The van der Waals surface area contributed by atoms with Crippen LogP contribution in [0.1, 0.15) is 37.4 Å². The highest BCUT2D eigenvalue weighted by atomic mass is 79.9. The molecule has 0 saturated heterocycles. The van der Waals surface area contributed by atoms with E-state index in [9.17, 15) is 0 Å². The molecule has 2 rings (SSSR count). The Labute approximate surface area is 97.4 Å². The third-order valence-electron chi connectivity index (χ3n) is 2.78. The maximum absolute atomic E-state index is 5.79. The standard InChI is InChI=1S/C10H14BrN3O/c1-15-10-7(11)8(12)13-9(14-10)6-4-2-3-5-6/h6H,2-5H2,1H3,(H2,12,13,14). The first-order valence-electron chi connectivity index (χ1n) is 5.09. The van der Waals surface area contributed by atoms with Crippen LogP contribution in [-0.4, -0.2) is 17.1 Å². The molecule has 0 bridgehead atoms. The zero-order chi connectivity index (χ0) is 10.8. The van der Waals surface area contributed by atoms with Crippen molar-refractivity contribution >= 4 is 21.7 Å². The molecule has 0 radical (unpaired) electrons. The van der Waals surface area contributed by atoms with Crippen molar-refractivity contribution in [3.8, 4) is 5.88 Å². The van der Waals surface area contributed by atoms with Crippen LogP contribution in [0.3, 0.4) is 0 Å². The molecular weight excluding hydrogens is 258 g/mol. The third kappa shape index (κ3) is 2.07. The summed E-state index contributed by atoms with van der Waals surface area (Å²) in [6.07, 6.45) is 4.83. The number of nitrogen functional groups attached to an aromatic ring is 1. The van der Waals surface area contributed by atoms with E-state index in [1.165, 1.54) is 12.8 Å². The molecule has 1 aliphatic carbocycles. The number of hydrogen-bond acceptors (Lipinski definition) is 4. The second-order valence-electron chi connectivity index (χ2n) is 3.77. The van der Waals surface area contributed by atoms with E-state index >= 15 is 0 Å². The molecule has 1 aliphatic rings. The van der Waals surface area contributed by atoms with Crippen molar-refractivity contribution in [1.82, 2.24) is 9.97 Å². The predicted molar refractivity (Wildman–Crippen MR) is 61.9 cm³/mol. The number of methoxy groups -OCH3 is 1. The number of anilines is 1. The van der Waals surface area contributed by atoms with Crippen LogP contribution in [0.15, 0.2) is 4.47 Å². The van der Waals surface area contributed by atoms with Crippen molar-refractivity contribution in [2.75, 3.05) is 12.8 Å². The SMILES string of the molecule is COc1nc(C2CCCC2)nc(N)c1Br. The molecule has 15 heavy (non-hydrogen) atoms. The van der Waals surface area contributed by atoms with Crippen LogP contribution in [-0.2, 0) is 0 Å². The number of nitrogens with zero attached hydrogens (tertiary/aromatic N) is 2. The maximum atomic E-state index is 5.79. The summed E-state index contributed by atoms with van der Waals surface area (Å²) in [6, 6.07) is 0.